The van der Waals surface area contributed by atoms with E-state index >= 15 is 0 Å². The molecule has 2 heterocycles. The van der Waals surface area contributed by atoms with E-state index < -0.39 is 11.7 Å². The van der Waals surface area contributed by atoms with Crippen LogP contribution in [-0.4, -0.2) is 49.8 Å². The molecule has 1 fully saturated rings. The molecule has 3 rings (SSSR count). The number of fused-ring (bicyclic) bond motifs is 1. The Hall–Kier alpha value is -1.59. The van der Waals surface area contributed by atoms with Crippen molar-refractivity contribution in [3.8, 4) is 0 Å². The molecule has 0 bridgehead atoms. The third kappa shape index (κ3) is 2.30. The van der Waals surface area contributed by atoms with Crippen molar-refractivity contribution in [1.29, 1.82) is 0 Å². The van der Waals surface area contributed by atoms with E-state index in [9.17, 15) is 9.59 Å². The lowest BCUT2D eigenvalue weighted by Gasteiger charge is -2.23. The van der Waals surface area contributed by atoms with Gasteiger partial charge in [0.15, 0.2) is 0 Å². The Morgan fingerprint density at radius 1 is 1.29 bits per heavy atom. The number of nitrogens with one attached hydrogen (secondary N) is 1. The zero-order valence-electron chi connectivity index (χ0n) is 12.3. The Morgan fingerprint density at radius 2 is 2.00 bits per heavy atom. The summed E-state index contributed by atoms with van der Waals surface area (Å²) in [5, 5.41) is 3.12. The van der Waals surface area contributed by atoms with Gasteiger partial charge in [0.25, 0.3) is 11.7 Å². The number of Topliss-reactive ketones (excluding diaryl/α,β-unsaturated/α-hetero) is 1. The van der Waals surface area contributed by atoms with Gasteiger partial charge in [-0.3, -0.25) is 9.59 Å². The quantitative estimate of drug-likeness (QED) is 0.847. The number of anilines is 2. The van der Waals surface area contributed by atoms with Crippen molar-refractivity contribution in [1.82, 2.24) is 4.90 Å². The zero-order chi connectivity index (χ0) is 15.3. The SMILES string of the molecule is CC1CN(c2cc3c(cc2Cl)C(=O)C(=O)N3)CC1N(C)C. The number of carbonyl (C=O) groups is 2. The van der Waals surface area contributed by atoms with Gasteiger partial charge >= 0.3 is 0 Å². The van der Waals surface area contributed by atoms with Crippen molar-refractivity contribution in [2.75, 3.05) is 37.4 Å². The second-order valence-electron chi connectivity index (χ2n) is 6.05. The average Bonchev–Trinajstić information content (AvgIpc) is 2.92. The second kappa shape index (κ2) is 5.00. The summed E-state index contributed by atoms with van der Waals surface area (Å²) in [6, 6.07) is 3.87. The van der Waals surface area contributed by atoms with Crippen molar-refractivity contribution in [2.24, 2.45) is 5.92 Å². The Balaban J connectivity index is 1.93. The van der Waals surface area contributed by atoms with Gasteiger partial charge in [-0.25, -0.2) is 0 Å². The molecule has 0 aliphatic carbocycles. The van der Waals surface area contributed by atoms with E-state index in [4.69, 9.17) is 11.6 Å². The number of likely N-dealkylation sites (N-methyl/N-ethyl adjacent to an activating group) is 1. The van der Waals surface area contributed by atoms with Crippen LogP contribution in [0.2, 0.25) is 5.02 Å². The van der Waals surface area contributed by atoms with Gasteiger partial charge < -0.3 is 15.1 Å². The van der Waals surface area contributed by atoms with Crippen molar-refractivity contribution < 1.29 is 9.59 Å². The Bertz CT molecular complexity index is 630. The molecule has 0 saturated carbocycles. The van der Waals surface area contributed by atoms with E-state index in [0.29, 0.717) is 28.2 Å². The molecular weight excluding hydrogens is 290 g/mol. The number of benzene rings is 1. The number of ketones is 1. The first-order valence-corrected chi connectivity index (χ1v) is 7.37. The van der Waals surface area contributed by atoms with E-state index in [1.807, 2.05) is 6.07 Å². The molecule has 5 nitrogen and oxygen atoms in total. The fourth-order valence-electron chi connectivity index (χ4n) is 3.22. The first-order valence-electron chi connectivity index (χ1n) is 6.99. The van der Waals surface area contributed by atoms with E-state index in [0.717, 1.165) is 18.8 Å². The molecule has 1 aromatic carbocycles. The first-order chi connectivity index (χ1) is 9.88. The lowest BCUT2D eigenvalue weighted by Crippen LogP contribution is -2.34. The van der Waals surface area contributed by atoms with Gasteiger partial charge in [0, 0.05) is 19.1 Å². The van der Waals surface area contributed by atoms with E-state index in [-0.39, 0.29) is 0 Å². The van der Waals surface area contributed by atoms with Crippen LogP contribution >= 0.6 is 11.6 Å². The van der Waals surface area contributed by atoms with Gasteiger partial charge in [-0.15, -0.1) is 0 Å². The molecule has 2 aliphatic rings. The molecule has 6 heteroatoms. The van der Waals surface area contributed by atoms with Gasteiger partial charge in [0.05, 0.1) is 22.0 Å². The molecule has 2 unspecified atom stereocenters. The molecule has 21 heavy (non-hydrogen) atoms. The van der Waals surface area contributed by atoms with Crippen LogP contribution in [0, 0.1) is 5.92 Å². The largest absolute Gasteiger partial charge is 0.368 e. The Kier molecular flexibility index (Phi) is 3.42. The molecule has 2 aliphatic heterocycles. The highest BCUT2D eigenvalue weighted by Gasteiger charge is 2.34. The van der Waals surface area contributed by atoms with Crippen molar-refractivity contribution in [2.45, 2.75) is 13.0 Å². The van der Waals surface area contributed by atoms with Crippen LogP contribution in [0.25, 0.3) is 0 Å². The fourth-order valence-corrected chi connectivity index (χ4v) is 3.50. The van der Waals surface area contributed by atoms with Gasteiger partial charge in [0.2, 0.25) is 0 Å². The number of nitrogens with zero attached hydrogens (tertiary/aromatic N) is 2. The van der Waals surface area contributed by atoms with E-state index in [2.05, 4.69) is 36.1 Å². The average molecular weight is 308 g/mol. The van der Waals surface area contributed by atoms with Gasteiger partial charge in [0.1, 0.15) is 0 Å². The number of halogens is 1. The maximum Gasteiger partial charge on any atom is 0.296 e. The molecule has 0 radical (unpaired) electrons. The summed E-state index contributed by atoms with van der Waals surface area (Å²) in [6.45, 7) is 4.01. The third-order valence-corrected chi connectivity index (χ3v) is 4.67. The van der Waals surface area contributed by atoms with Gasteiger partial charge in [-0.05, 0) is 32.1 Å². The van der Waals surface area contributed by atoms with Gasteiger partial charge in [-0.2, -0.15) is 0 Å². The molecule has 1 aromatic rings. The van der Waals surface area contributed by atoms with Gasteiger partial charge in [-0.1, -0.05) is 18.5 Å². The minimum absolute atomic E-state index is 0.366. The minimum atomic E-state index is -0.584. The molecule has 112 valence electrons. The molecule has 1 N–H and O–H groups in total. The van der Waals surface area contributed by atoms with Crippen LogP contribution in [0.15, 0.2) is 12.1 Å². The van der Waals surface area contributed by atoms with Crippen LogP contribution in [0.3, 0.4) is 0 Å². The number of hydrogen-bond donors (Lipinski definition) is 1. The highest BCUT2D eigenvalue weighted by atomic mass is 35.5. The van der Waals surface area contributed by atoms with Crippen LogP contribution < -0.4 is 10.2 Å². The lowest BCUT2D eigenvalue weighted by atomic mass is 10.1. The first kappa shape index (κ1) is 14.4. The van der Waals surface area contributed by atoms with Crippen LogP contribution in [0.1, 0.15) is 17.3 Å². The molecule has 2 atom stereocenters. The summed E-state index contributed by atoms with van der Waals surface area (Å²) < 4.78 is 0. The molecular formula is C15H18ClN3O2. The summed E-state index contributed by atoms with van der Waals surface area (Å²) in [5.74, 6) is -0.570. The molecule has 0 aromatic heterocycles. The summed E-state index contributed by atoms with van der Waals surface area (Å²) in [4.78, 5) is 27.6. The molecule has 1 amide bonds. The Morgan fingerprint density at radius 3 is 2.62 bits per heavy atom. The van der Waals surface area contributed by atoms with Crippen LogP contribution in [-0.2, 0) is 4.79 Å². The summed E-state index contributed by atoms with van der Waals surface area (Å²) in [5.41, 5.74) is 1.80. The van der Waals surface area contributed by atoms with Crippen molar-refractivity contribution in [3.63, 3.8) is 0 Å². The molecule has 1 saturated heterocycles. The summed E-state index contributed by atoms with van der Waals surface area (Å²) >= 11 is 6.33. The van der Waals surface area contributed by atoms with E-state index in [1.54, 1.807) is 6.07 Å². The monoisotopic (exact) mass is 307 g/mol. The predicted octanol–water partition coefficient (Wildman–Crippen LogP) is 1.86. The van der Waals surface area contributed by atoms with Crippen molar-refractivity contribution >= 4 is 34.7 Å². The lowest BCUT2D eigenvalue weighted by molar-refractivity contribution is -0.112. The molecule has 0 spiro atoms. The topological polar surface area (TPSA) is 52.7 Å². The highest BCUT2D eigenvalue weighted by molar-refractivity contribution is 6.52. The third-order valence-electron chi connectivity index (χ3n) is 4.36. The normalized spacial score (nSPS) is 24.7. The second-order valence-corrected chi connectivity index (χ2v) is 6.45. The smallest absolute Gasteiger partial charge is 0.296 e. The number of amides is 1. The predicted molar refractivity (Wildman–Crippen MR) is 83.3 cm³/mol. The fraction of sp³-hybridized carbons (Fsp3) is 0.467. The standard InChI is InChI=1S/C15H18ClN3O2/c1-8-6-19(7-13(8)18(2)3)12-5-11-9(4-10(12)16)14(20)15(21)17-11/h4-5,8,13H,6-7H2,1-3H3,(H,17,20,21). The summed E-state index contributed by atoms with van der Waals surface area (Å²) in [6.07, 6.45) is 0. The number of hydrogen-bond acceptors (Lipinski definition) is 4. The van der Waals surface area contributed by atoms with Crippen LogP contribution in [0.5, 0.6) is 0 Å². The minimum Gasteiger partial charge on any atom is -0.368 e. The highest BCUT2D eigenvalue weighted by Crippen LogP contribution is 2.37. The maximum absolute atomic E-state index is 11.7. The van der Waals surface area contributed by atoms with Crippen molar-refractivity contribution in [3.05, 3.63) is 22.7 Å². The maximum atomic E-state index is 11.7. The Labute approximate surface area is 128 Å². The number of carbonyl (C=O) groups excluding carboxylic acids is 2. The summed E-state index contributed by atoms with van der Waals surface area (Å²) in [7, 11) is 4.15. The zero-order valence-corrected chi connectivity index (χ0v) is 13.1. The van der Waals surface area contributed by atoms with Crippen LogP contribution in [0.4, 0.5) is 11.4 Å². The number of rotatable bonds is 2. The van der Waals surface area contributed by atoms with E-state index in [1.165, 1.54) is 0 Å².